The number of aromatic nitrogens is 3. The van der Waals surface area contributed by atoms with Crippen molar-refractivity contribution in [2.45, 2.75) is 69.6 Å². The van der Waals surface area contributed by atoms with E-state index < -0.39 is 5.60 Å². The van der Waals surface area contributed by atoms with E-state index in [0.29, 0.717) is 46.9 Å². The van der Waals surface area contributed by atoms with Crippen molar-refractivity contribution < 1.29 is 5.11 Å². The Bertz CT molecular complexity index is 1380. The van der Waals surface area contributed by atoms with Gasteiger partial charge in [0.05, 0.1) is 47.2 Å². The Morgan fingerprint density at radius 1 is 1.08 bits per heavy atom. The summed E-state index contributed by atoms with van der Waals surface area (Å²) in [6.45, 7) is 0.318. The van der Waals surface area contributed by atoms with Gasteiger partial charge in [0, 0.05) is 11.6 Å². The summed E-state index contributed by atoms with van der Waals surface area (Å²) in [5.74, 6) is 6.28. The van der Waals surface area contributed by atoms with Gasteiger partial charge in [-0.3, -0.25) is 9.98 Å². The molecule has 1 aromatic carbocycles. The van der Waals surface area contributed by atoms with E-state index >= 15 is 0 Å². The van der Waals surface area contributed by atoms with Crippen molar-refractivity contribution in [1.82, 2.24) is 15.0 Å². The van der Waals surface area contributed by atoms with Crippen LogP contribution in [0.15, 0.2) is 58.6 Å². The van der Waals surface area contributed by atoms with E-state index in [1.165, 1.54) is 12.8 Å². The Hall–Kier alpha value is -4.16. The minimum absolute atomic E-state index is 0.318. The highest BCUT2D eigenvalue weighted by atomic mass is 16.3. The summed E-state index contributed by atoms with van der Waals surface area (Å²) in [6.07, 6.45) is 9.61. The highest BCUT2D eigenvalue weighted by Crippen LogP contribution is 2.37. The van der Waals surface area contributed by atoms with Crippen molar-refractivity contribution in [3.63, 3.8) is 0 Å². The van der Waals surface area contributed by atoms with Crippen molar-refractivity contribution in [2.75, 3.05) is 5.32 Å². The average molecular weight is 509 g/mol. The number of hydrogen-bond donors (Lipinski definition) is 3. The average Bonchev–Trinajstić information content (AvgIpc) is 3.64. The summed E-state index contributed by atoms with van der Waals surface area (Å²) in [5.41, 5.74) is 3.60. The fraction of sp³-hybridized carbons (Fsp3) is 0.379. The molecule has 9 heteroatoms. The molecule has 0 bridgehead atoms. The molecule has 3 aromatic rings. The molecule has 4 N–H and O–H groups in total. The number of hydrazone groups is 1. The maximum Gasteiger partial charge on any atom is 0.224 e. The van der Waals surface area contributed by atoms with Crippen LogP contribution in [0, 0.1) is 11.3 Å². The van der Waals surface area contributed by atoms with E-state index in [1.54, 1.807) is 18.3 Å². The topological polar surface area (TPSA) is 145 Å². The maximum atomic E-state index is 10.9. The summed E-state index contributed by atoms with van der Waals surface area (Å²) in [5, 5.41) is 27.7. The number of hydrogen-bond acceptors (Lipinski definition) is 9. The highest BCUT2D eigenvalue weighted by Gasteiger charge is 2.34. The van der Waals surface area contributed by atoms with Gasteiger partial charge < -0.3 is 16.3 Å². The lowest BCUT2D eigenvalue weighted by Gasteiger charge is -2.21. The Kier molecular flexibility index (Phi) is 7.70. The van der Waals surface area contributed by atoms with Gasteiger partial charge >= 0.3 is 0 Å². The molecule has 0 amide bonds. The zero-order chi connectivity index (χ0) is 26.4. The van der Waals surface area contributed by atoms with E-state index in [4.69, 9.17) is 15.8 Å². The predicted octanol–water partition coefficient (Wildman–Crippen LogP) is 4.46. The lowest BCUT2D eigenvalue weighted by Crippen LogP contribution is -2.22. The van der Waals surface area contributed by atoms with Gasteiger partial charge in [0.25, 0.3) is 0 Å². The normalized spacial score (nSPS) is 17.6. The van der Waals surface area contributed by atoms with Crippen molar-refractivity contribution in [1.29, 1.82) is 5.26 Å². The number of nitrogens with one attached hydrogen (secondary N) is 1. The highest BCUT2D eigenvalue weighted by molar-refractivity contribution is 6.37. The first-order valence-electron chi connectivity index (χ1n) is 13.2. The minimum atomic E-state index is -0.841. The summed E-state index contributed by atoms with van der Waals surface area (Å²) >= 11 is 0. The SMILES string of the molecule is N#Cc1cccc(-c2cc(C(C=NCc3cccc(C4(O)CCCC4)n3)=NN)nc(NC3CCCC3)n2)c1. The molecule has 2 saturated carbocycles. The Labute approximate surface area is 222 Å². The zero-order valence-electron chi connectivity index (χ0n) is 21.3. The first-order chi connectivity index (χ1) is 18.6. The molecule has 0 saturated heterocycles. The van der Waals surface area contributed by atoms with Crippen molar-refractivity contribution in [2.24, 2.45) is 15.9 Å². The number of anilines is 1. The van der Waals surface area contributed by atoms with Crippen LogP contribution >= 0.6 is 0 Å². The molecule has 2 heterocycles. The molecule has 2 fully saturated rings. The number of aliphatic imine (C=N–C) groups is 1. The molecule has 38 heavy (non-hydrogen) atoms. The van der Waals surface area contributed by atoms with Crippen molar-refractivity contribution in [3.8, 4) is 17.3 Å². The van der Waals surface area contributed by atoms with Gasteiger partial charge in [-0.1, -0.05) is 43.9 Å². The quantitative estimate of drug-likeness (QED) is 0.231. The molecule has 194 valence electrons. The summed E-state index contributed by atoms with van der Waals surface area (Å²) in [7, 11) is 0. The van der Waals surface area contributed by atoms with Gasteiger partial charge in [0.15, 0.2) is 0 Å². The van der Waals surface area contributed by atoms with Crippen LogP contribution in [0.25, 0.3) is 11.3 Å². The van der Waals surface area contributed by atoms with Crippen LogP contribution in [0.5, 0.6) is 0 Å². The van der Waals surface area contributed by atoms with Crippen molar-refractivity contribution in [3.05, 3.63) is 71.2 Å². The van der Waals surface area contributed by atoms with Crippen LogP contribution in [0.4, 0.5) is 5.95 Å². The first-order valence-corrected chi connectivity index (χ1v) is 13.2. The second-order valence-corrected chi connectivity index (χ2v) is 10.0. The minimum Gasteiger partial charge on any atom is -0.384 e. The molecular formula is C29H32N8O. The third-order valence-electron chi connectivity index (χ3n) is 7.28. The molecular weight excluding hydrogens is 476 g/mol. The molecule has 2 aromatic heterocycles. The fourth-order valence-electron chi connectivity index (χ4n) is 5.23. The Morgan fingerprint density at radius 3 is 2.63 bits per heavy atom. The van der Waals surface area contributed by atoms with Gasteiger partial charge in [-0.25, -0.2) is 9.97 Å². The number of nitriles is 1. The van der Waals surface area contributed by atoms with Crippen LogP contribution in [-0.4, -0.2) is 38.0 Å². The largest absolute Gasteiger partial charge is 0.384 e. The molecule has 2 aliphatic carbocycles. The Morgan fingerprint density at radius 2 is 1.87 bits per heavy atom. The number of aliphatic hydroxyl groups is 1. The number of benzene rings is 1. The second kappa shape index (κ2) is 11.5. The number of nitrogens with two attached hydrogens (primary N) is 1. The molecule has 0 aliphatic heterocycles. The monoisotopic (exact) mass is 508 g/mol. The smallest absolute Gasteiger partial charge is 0.224 e. The first kappa shape index (κ1) is 25.5. The Balaban J connectivity index is 1.40. The molecule has 5 rings (SSSR count). The van der Waals surface area contributed by atoms with Crippen LogP contribution in [0.1, 0.15) is 74.0 Å². The summed E-state index contributed by atoms with van der Waals surface area (Å²) in [4.78, 5) is 18.6. The van der Waals surface area contributed by atoms with E-state index in [-0.39, 0.29) is 0 Å². The van der Waals surface area contributed by atoms with Gasteiger partial charge in [-0.15, -0.1) is 0 Å². The number of pyridine rings is 1. The summed E-state index contributed by atoms with van der Waals surface area (Å²) < 4.78 is 0. The molecule has 2 aliphatic rings. The van der Waals surface area contributed by atoms with E-state index in [2.05, 4.69) is 26.5 Å². The third-order valence-corrected chi connectivity index (χ3v) is 7.28. The molecule has 9 nitrogen and oxygen atoms in total. The van der Waals surface area contributed by atoms with Gasteiger partial charge in [-0.2, -0.15) is 10.4 Å². The van der Waals surface area contributed by atoms with Crippen LogP contribution in [0.2, 0.25) is 0 Å². The van der Waals surface area contributed by atoms with Gasteiger partial charge in [0.1, 0.15) is 11.3 Å². The van der Waals surface area contributed by atoms with E-state index in [9.17, 15) is 10.4 Å². The van der Waals surface area contributed by atoms with Gasteiger partial charge in [-0.05, 0) is 56.0 Å². The third kappa shape index (κ3) is 5.87. The number of nitrogens with zero attached hydrogens (tertiary/aromatic N) is 6. The van der Waals surface area contributed by atoms with Crippen LogP contribution in [0.3, 0.4) is 0 Å². The lowest BCUT2D eigenvalue weighted by atomic mass is 9.97. The number of rotatable bonds is 8. The second-order valence-electron chi connectivity index (χ2n) is 10.0. The van der Waals surface area contributed by atoms with E-state index in [0.717, 1.165) is 49.8 Å². The van der Waals surface area contributed by atoms with Crippen LogP contribution < -0.4 is 11.2 Å². The standard InChI is InChI=1S/C29H32N8O/c30-17-20-7-5-8-21(15-20)24-16-25(36-28(35-24)34-22-9-1-2-10-22)26(37-31)19-32-18-23-11-6-12-27(33-23)29(38)13-3-4-14-29/h5-8,11-12,15-16,19,22,38H,1-4,9-10,13-14,18,31H2,(H,34,35,36). The van der Waals surface area contributed by atoms with Gasteiger partial charge in [0.2, 0.25) is 5.95 Å². The molecule has 0 spiro atoms. The molecule has 0 unspecified atom stereocenters. The van der Waals surface area contributed by atoms with E-state index in [1.807, 2.05) is 36.4 Å². The van der Waals surface area contributed by atoms with Crippen molar-refractivity contribution >= 4 is 17.9 Å². The fourth-order valence-corrected chi connectivity index (χ4v) is 5.23. The molecule has 0 atom stereocenters. The summed E-state index contributed by atoms with van der Waals surface area (Å²) in [6, 6.07) is 17.3. The molecule has 0 radical (unpaired) electrons. The lowest BCUT2D eigenvalue weighted by molar-refractivity contribution is 0.0398. The maximum absolute atomic E-state index is 10.9. The zero-order valence-corrected chi connectivity index (χ0v) is 21.3. The predicted molar refractivity (Wildman–Crippen MR) is 148 cm³/mol. The van der Waals surface area contributed by atoms with Crippen LogP contribution in [-0.2, 0) is 12.1 Å².